The second-order valence-electron chi connectivity index (χ2n) is 5.86. The van der Waals surface area contributed by atoms with Crippen LogP contribution >= 0.6 is 0 Å². The van der Waals surface area contributed by atoms with Gasteiger partial charge in [-0.2, -0.15) is 0 Å². The van der Waals surface area contributed by atoms with Gasteiger partial charge in [0.15, 0.2) is 12.1 Å². The Bertz CT molecular complexity index is 554. The highest BCUT2D eigenvalue weighted by Gasteiger charge is 2.46. The molecule has 1 N–H and O–H groups in total. The molecule has 0 aliphatic carbocycles. The Kier molecular flexibility index (Phi) is 5.41. The summed E-state index contributed by atoms with van der Waals surface area (Å²) in [4.78, 5) is 12.8. The first-order valence-corrected chi connectivity index (χ1v) is 7.63. The minimum Gasteiger partial charge on any atom is -0.493 e. The SMILES string of the molecule is CCCOc1ccccc1CN1CC(F)N(C(=O)O)C(C)(F)C1. The lowest BCUT2D eigenvalue weighted by molar-refractivity contribution is -0.130. The number of carboxylic acid groups (broad SMARTS) is 1. The van der Waals surface area contributed by atoms with Crippen LogP contribution in [0.3, 0.4) is 0 Å². The number of rotatable bonds is 5. The molecule has 0 spiro atoms. The van der Waals surface area contributed by atoms with E-state index in [-0.39, 0.29) is 18.0 Å². The number of para-hydroxylation sites is 1. The van der Waals surface area contributed by atoms with Crippen molar-refractivity contribution in [3.05, 3.63) is 29.8 Å². The zero-order chi connectivity index (χ0) is 17.0. The maximum absolute atomic E-state index is 14.5. The fraction of sp³-hybridized carbons (Fsp3) is 0.562. The summed E-state index contributed by atoms with van der Waals surface area (Å²) in [7, 11) is 0. The molecule has 1 aromatic carbocycles. The predicted molar refractivity (Wildman–Crippen MR) is 81.8 cm³/mol. The monoisotopic (exact) mass is 328 g/mol. The Morgan fingerprint density at radius 3 is 2.78 bits per heavy atom. The molecule has 5 nitrogen and oxygen atoms in total. The number of piperazine rings is 1. The largest absolute Gasteiger partial charge is 0.493 e. The fourth-order valence-corrected chi connectivity index (χ4v) is 2.80. The number of amides is 1. The predicted octanol–water partition coefficient (Wildman–Crippen LogP) is 3.25. The van der Waals surface area contributed by atoms with Gasteiger partial charge in [-0.05, 0) is 19.4 Å². The van der Waals surface area contributed by atoms with Crippen molar-refractivity contribution < 1.29 is 23.4 Å². The molecule has 1 fully saturated rings. The van der Waals surface area contributed by atoms with Gasteiger partial charge in [0.05, 0.1) is 13.2 Å². The molecule has 1 amide bonds. The van der Waals surface area contributed by atoms with E-state index in [9.17, 15) is 13.6 Å². The van der Waals surface area contributed by atoms with Crippen LogP contribution in [0.2, 0.25) is 0 Å². The maximum atomic E-state index is 14.5. The normalized spacial score (nSPS) is 25.4. The van der Waals surface area contributed by atoms with Gasteiger partial charge < -0.3 is 9.84 Å². The topological polar surface area (TPSA) is 53.0 Å². The van der Waals surface area contributed by atoms with Crippen LogP contribution in [0.4, 0.5) is 13.6 Å². The number of alkyl halides is 2. The first-order chi connectivity index (χ1) is 10.8. The summed E-state index contributed by atoms with van der Waals surface area (Å²) in [6.07, 6.45) is -2.63. The van der Waals surface area contributed by atoms with Crippen molar-refractivity contribution in [3.8, 4) is 5.75 Å². The fourth-order valence-electron chi connectivity index (χ4n) is 2.80. The molecule has 2 rings (SSSR count). The lowest BCUT2D eigenvalue weighted by atomic mass is 10.1. The van der Waals surface area contributed by atoms with Crippen molar-refractivity contribution in [1.82, 2.24) is 9.80 Å². The van der Waals surface area contributed by atoms with Gasteiger partial charge in [0.25, 0.3) is 0 Å². The van der Waals surface area contributed by atoms with E-state index in [0.717, 1.165) is 18.9 Å². The van der Waals surface area contributed by atoms with Gasteiger partial charge in [0.2, 0.25) is 0 Å². The standard InChI is InChI=1S/C16H22F2N2O3/c1-3-8-23-13-7-5-4-6-12(13)9-19-10-14(17)20(15(21)22)16(2,18)11-19/h4-7,14H,3,8-11H2,1-2H3,(H,21,22). The number of carbonyl (C=O) groups is 1. The molecular weight excluding hydrogens is 306 g/mol. The quantitative estimate of drug-likeness (QED) is 0.843. The Labute approximate surface area is 134 Å². The highest BCUT2D eigenvalue weighted by Crippen LogP contribution is 2.30. The van der Waals surface area contributed by atoms with Crippen LogP contribution in [-0.4, -0.2) is 52.8 Å². The summed E-state index contributed by atoms with van der Waals surface area (Å²) in [5, 5.41) is 8.97. The van der Waals surface area contributed by atoms with E-state index in [1.54, 1.807) is 4.90 Å². The Balaban J connectivity index is 2.11. The third-order valence-electron chi connectivity index (χ3n) is 3.74. The molecule has 23 heavy (non-hydrogen) atoms. The van der Waals surface area contributed by atoms with Crippen LogP contribution in [-0.2, 0) is 6.54 Å². The Morgan fingerprint density at radius 2 is 2.17 bits per heavy atom. The molecule has 2 unspecified atom stereocenters. The number of benzene rings is 1. The number of nitrogens with zero attached hydrogens (tertiary/aromatic N) is 2. The summed E-state index contributed by atoms with van der Waals surface area (Å²) in [6.45, 7) is 3.58. The zero-order valence-corrected chi connectivity index (χ0v) is 13.3. The first-order valence-electron chi connectivity index (χ1n) is 7.63. The van der Waals surface area contributed by atoms with E-state index in [1.807, 2.05) is 31.2 Å². The molecule has 0 radical (unpaired) electrons. The van der Waals surface area contributed by atoms with Crippen molar-refractivity contribution in [2.24, 2.45) is 0 Å². The third-order valence-corrected chi connectivity index (χ3v) is 3.74. The molecule has 1 aliphatic rings. The average molecular weight is 328 g/mol. The maximum Gasteiger partial charge on any atom is 0.412 e. The highest BCUT2D eigenvalue weighted by molar-refractivity contribution is 5.66. The number of ether oxygens (including phenoxy) is 1. The van der Waals surface area contributed by atoms with Crippen LogP contribution in [0.15, 0.2) is 24.3 Å². The van der Waals surface area contributed by atoms with Crippen LogP contribution in [0.25, 0.3) is 0 Å². The molecule has 0 saturated carbocycles. The van der Waals surface area contributed by atoms with Gasteiger partial charge in [-0.15, -0.1) is 0 Å². The molecule has 1 heterocycles. The Morgan fingerprint density at radius 1 is 1.48 bits per heavy atom. The van der Waals surface area contributed by atoms with Gasteiger partial charge in [0, 0.05) is 18.7 Å². The summed E-state index contributed by atoms with van der Waals surface area (Å²) in [5.41, 5.74) is 0.827. The van der Waals surface area contributed by atoms with Crippen molar-refractivity contribution >= 4 is 6.09 Å². The van der Waals surface area contributed by atoms with Gasteiger partial charge in [-0.3, -0.25) is 4.90 Å². The lowest BCUT2D eigenvalue weighted by Crippen LogP contribution is -2.63. The molecule has 1 saturated heterocycles. The molecular formula is C16H22F2N2O3. The van der Waals surface area contributed by atoms with Crippen molar-refractivity contribution in [2.75, 3.05) is 19.7 Å². The summed E-state index contributed by atoms with van der Waals surface area (Å²) in [6, 6.07) is 7.34. The van der Waals surface area contributed by atoms with E-state index in [1.165, 1.54) is 0 Å². The molecule has 2 atom stereocenters. The Hall–Kier alpha value is -1.89. The van der Waals surface area contributed by atoms with Gasteiger partial charge >= 0.3 is 6.09 Å². The minimum atomic E-state index is -2.28. The molecule has 1 aliphatic heterocycles. The van der Waals surface area contributed by atoms with Gasteiger partial charge in [0.1, 0.15) is 5.75 Å². The third kappa shape index (κ3) is 4.10. The first kappa shape index (κ1) is 17.5. The van der Waals surface area contributed by atoms with Crippen LogP contribution in [0, 0.1) is 0 Å². The zero-order valence-electron chi connectivity index (χ0n) is 13.3. The van der Waals surface area contributed by atoms with Gasteiger partial charge in [-0.1, -0.05) is 25.1 Å². The molecule has 7 heteroatoms. The highest BCUT2D eigenvalue weighted by atomic mass is 19.2. The molecule has 0 aromatic heterocycles. The lowest BCUT2D eigenvalue weighted by Gasteiger charge is -2.44. The van der Waals surface area contributed by atoms with Crippen molar-refractivity contribution in [1.29, 1.82) is 0 Å². The van der Waals surface area contributed by atoms with Crippen molar-refractivity contribution in [3.63, 3.8) is 0 Å². The smallest absolute Gasteiger partial charge is 0.412 e. The van der Waals surface area contributed by atoms with Crippen LogP contribution in [0.1, 0.15) is 25.8 Å². The van der Waals surface area contributed by atoms with Crippen LogP contribution < -0.4 is 4.74 Å². The number of hydrogen-bond acceptors (Lipinski definition) is 3. The molecule has 128 valence electrons. The summed E-state index contributed by atoms with van der Waals surface area (Å²) in [5.74, 6) is -1.59. The number of hydrogen-bond donors (Lipinski definition) is 1. The van der Waals surface area contributed by atoms with E-state index < -0.39 is 18.2 Å². The van der Waals surface area contributed by atoms with E-state index in [4.69, 9.17) is 9.84 Å². The molecule has 0 bridgehead atoms. The number of halogens is 2. The van der Waals surface area contributed by atoms with E-state index >= 15 is 0 Å². The summed E-state index contributed by atoms with van der Waals surface area (Å²) < 4.78 is 34.3. The van der Waals surface area contributed by atoms with E-state index in [2.05, 4.69) is 0 Å². The second-order valence-corrected chi connectivity index (χ2v) is 5.86. The van der Waals surface area contributed by atoms with Gasteiger partial charge in [-0.25, -0.2) is 18.5 Å². The van der Waals surface area contributed by atoms with Crippen LogP contribution in [0.5, 0.6) is 5.75 Å². The average Bonchev–Trinajstić information content (AvgIpc) is 2.44. The van der Waals surface area contributed by atoms with E-state index in [0.29, 0.717) is 18.9 Å². The molecule has 1 aromatic rings. The van der Waals surface area contributed by atoms with Crippen molar-refractivity contribution in [2.45, 2.75) is 38.9 Å². The summed E-state index contributed by atoms with van der Waals surface area (Å²) >= 11 is 0. The second kappa shape index (κ2) is 7.12. The minimum absolute atomic E-state index is 0.173.